The largest absolute Gasteiger partial charge is 0.490 e. The van der Waals surface area contributed by atoms with E-state index in [2.05, 4.69) is 6.92 Å². The molecule has 1 atom stereocenters. The minimum Gasteiger partial charge on any atom is -0.490 e. The predicted molar refractivity (Wildman–Crippen MR) is 72.6 cm³/mol. The van der Waals surface area contributed by atoms with Gasteiger partial charge in [-0.1, -0.05) is 13.3 Å². The molecule has 0 aliphatic heterocycles. The number of ether oxygens (including phenoxy) is 1. The maximum atomic E-state index is 11.1. The number of carboxylic acid groups (broad SMARTS) is 1. The molecule has 0 fully saturated rings. The summed E-state index contributed by atoms with van der Waals surface area (Å²) < 4.78 is 5.94. The van der Waals surface area contributed by atoms with E-state index in [-0.39, 0.29) is 6.10 Å². The van der Waals surface area contributed by atoms with Gasteiger partial charge in [0.15, 0.2) is 0 Å². The number of carbonyl (C=O) groups is 1. The highest BCUT2D eigenvalue weighted by Gasteiger charge is 2.16. The Kier molecular flexibility index (Phi) is 4.76. The van der Waals surface area contributed by atoms with Crippen LogP contribution in [0.1, 0.15) is 53.7 Å². The number of carboxylic acids is 1. The molecule has 1 aromatic carbocycles. The van der Waals surface area contributed by atoms with E-state index in [1.54, 1.807) is 6.07 Å². The minimum atomic E-state index is -0.883. The van der Waals surface area contributed by atoms with Crippen molar-refractivity contribution in [1.29, 1.82) is 0 Å². The van der Waals surface area contributed by atoms with Crippen LogP contribution in [0.2, 0.25) is 0 Å². The van der Waals surface area contributed by atoms with Gasteiger partial charge in [-0.2, -0.15) is 0 Å². The van der Waals surface area contributed by atoms with Gasteiger partial charge in [-0.25, -0.2) is 4.79 Å². The third-order valence-electron chi connectivity index (χ3n) is 3.27. The second kappa shape index (κ2) is 5.89. The maximum Gasteiger partial charge on any atom is 0.335 e. The van der Waals surface area contributed by atoms with E-state index in [0.29, 0.717) is 5.56 Å². The monoisotopic (exact) mass is 250 g/mol. The average molecular weight is 250 g/mol. The first-order valence-corrected chi connectivity index (χ1v) is 6.39. The number of hydrogen-bond acceptors (Lipinski definition) is 2. The summed E-state index contributed by atoms with van der Waals surface area (Å²) in [6, 6.07) is 1.69. The zero-order valence-corrected chi connectivity index (χ0v) is 11.8. The van der Waals surface area contributed by atoms with Gasteiger partial charge in [0.25, 0.3) is 0 Å². The summed E-state index contributed by atoms with van der Waals surface area (Å²) in [5.74, 6) is -0.0506. The fourth-order valence-electron chi connectivity index (χ4n) is 2.13. The van der Waals surface area contributed by atoms with E-state index in [9.17, 15) is 4.79 Å². The van der Waals surface area contributed by atoms with Gasteiger partial charge < -0.3 is 9.84 Å². The van der Waals surface area contributed by atoms with Crippen LogP contribution in [0.3, 0.4) is 0 Å². The molecule has 0 radical (unpaired) electrons. The topological polar surface area (TPSA) is 46.5 Å². The van der Waals surface area contributed by atoms with Crippen LogP contribution in [-0.4, -0.2) is 17.2 Å². The molecule has 0 saturated carbocycles. The fraction of sp³-hybridized carbons (Fsp3) is 0.533. The van der Waals surface area contributed by atoms with Crippen molar-refractivity contribution >= 4 is 5.97 Å². The van der Waals surface area contributed by atoms with Gasteiger partial charge >= 0.3 is 5.97 Å². The predicted octanol–water partition coefficient (Wildman–Crippen LogP) is 3.88. The van der Waals surface area contributed by atoms with Gasteiger partial charge in [0.1, 0.15) is 5.75 Å². The Labute approximate surface area is 109 Å². The van der Waals surface area contributed by atoms with Crippen LogP contribution in [0.15, 0.2) is 6.07 Å². The van der Waals surface area contributed by atoms with Gasteiger partial charge in [0.2, 0.25) is 0 Å². The molecule has 1 aromatic rings. The lowest BCUT2D eigenvalue weighted by molar-refractivity contribution is 0.0696. The number of hydrogen-bond donors (Lipinski definition) is 1. The Balaban J connectivity index is 3.14. The second-order valence-corrected chi connectivity index (χ2v) is 4.84. The van der Waals surface area contributed by atoms with Crippen molar-refractivity contribution in [3.05, 3.63) is 28.3 Å². The van der Waals surface area contributed by atoms with Crippen molar-refractivity contribution in [2.45, 2.75) is 53.6 Å². The molecule has 3 heteroatoms. The highest BCUT2D eigenvalue weighted by Crippen LogP contribution is 2.30. The lowest BCUT2D eigenvalue weighted by atomic mass is 9.98. The van der Waals surface area contributed by atoms with Crippen LogP contribution in [0.25, 0.3) is 0 Å². The van der Waals surface area contributed by atoms with E-state index < -0.39 is 5.97 Å². The molecule has 18 heavy (non-hydrogen) atoms. The standard InChI is InChI=1S/C15H22O3/c1-6-7-10(3)18-14-9(2)8-13(15(16)17)11(4)12(14)5/h8,10H,6-7H2,1-5H3,(H,16,17). The number of aryl methyl sites for hydroxylation is 1. The first kappa shape index (κ1) is 14.6. The molecule has 0 amide bonds. The molecule has 0 bridgehead atoms. The molecule has 1 N–H and O–H groups in total. The normalized spacial score (nSPS) is 12.3. The zero-order valence-electron chi connectivity index (χ0n) is 11.8. The summed E-state index contributed by atoms with van der Waals surface area (Å²) in [7, 11) is 0. The Morgan fingerprint density at radius 1 is 1.33 bits per heavy atom. The summed E-state index contributed by atoms with van der Waals surface area (Å²) in [5, 5.41) is 9.13. The lowest BCUT2D eigenvalue weighted by Gasteiger charge is -2.20. The van der Waals surface area contributed by atoms with Crippen LogP contribution >= 0.6 is 0 Å². The molecule has 0 heterocycles. The van der Waals surface area contributed by atoms with Crippen molar-refractivity contribution in [1.82, 2.24) is 0 Å². The third-order valence-corrected chi connectivity index (χ3v) is 3.27. The van der Waals surface area contributed by atoms with Crippen molar-refractivity contribution in [2.24, 2.45) is 0 Å². The zero-order chi connectivity index (χ0) is 13.9. The SMILES string of the molecule is CCCC(C)Oc1c(C)cc(C(=O)O)c(C)c1C. The molecule has 0 aliphatic carbocycles. The summed E-state index contributed by atoms with van der Waals surface area (Å²) in [4.78, 5) is 11.1. The quantitative estimate of drug-likeness (QED) is 0.862. The molecular weight excluding hydrogens is 228 g/mol. The highest BCUT2D eigenvalue weighted by atomic mass is 16.5. The maximum absolute atomic E-state index is 11.1. The first-order valence-electron chi connectivity index (χ1n) is 6.39. The molecule has 0 spiro atoms. The molecule has 0 aliphatic rings. The molecule has 1 rings (SSSR count). The molecule has 3 nitrogen and oxygen atoms in total. The molecule has 0 saturated heterocycles. The van der Waals surface area contributed by atoms with Crippen LogP contribution in [0, 0.1) is 20.8 Å². The highest BCUT2D eigenvalue weighted by molar-refractivity contribution is 5.90. The van der Waals surface area contributed by atoms with Crippen molar-refractivity contribution < 1.29 is 14.6 Å². The Morgan fingerprint density at radius 2 is 1.94 bits per heavy atom. The number of benzene rings is 1. The third kappa shape index (κ3) is 3.03. The van der Waals surface area contributed by atoms with Crippen LogP contribution in [-0.2, 0) is 0 Å². The second-order valence-electron chi connectivity index (χ2n) is 4.84. The Morgan fingerprint density at radius 3 is 2.44 bits per heavy atom. The van der Waals surface area contributed by atoms with Crippen molar-refractivity contribution in [2.75, 3.05) is 0 Å². The van der Waals surface area contributed by atoms with Crippen molar-refractivity contribution in [3.63, 3.8) is 0 Å². The molecule has 1 unspecified atom stereocenters. The van der Waals surface area contributed by atoms with Crippen molar-refractivity contribution in [3.8, 4) is 5.75 Å². The van der Waals surface area contributed by atoms with E-state index in [1.165, 1.54) is 0 Å². The minimum absolute atomic E-state index is 0.155. The number of rotatable bonds is 5. The molecule has 0 aromatic heterocycles. The molecular formula is C15H22O3. The van der Waals surface area contributed by atoms with Gasteiger partial charge in [-0.05, 0) is 56.9 Å². The van der Waals surface area contributed by atoms with Gasteiger partial charge in [0.05, 0.1) is 11.7 Å². The van der Waals surface area contributed by atoms with Gasteiger partial charge in [-0.15, -0.1) is 0 Å². The number of aromatic carboxylic acids is 1. The molecule has 100 valence electrons. The summed E-state index contributed by atoms with van der Waals surface area (Å²) in [6.07, 6.45) is 2.23. The lowest BCUT2D eigenvalue weighted by Crippen LogP contribution is -2.14. The summed E-state index contributed by atoms with van der Waals surface area (Å²) in [6.45, 7) is 9.81. The smallest absolute Gasteiger partial charge is 0.335 e. The van der Waals surface area contributed by atoms with E-state index >= 15 is 0 Å². The summed E-state index contributed by atoms with van der Waals surface area (Å²) in [5.41, 5.74) is 2.96. The van der Waals surface area contributed by atoms with Crippen LogP contribution in [0.4, 0.5) is 0 Å². The average Bonchev–Trinajstić information content (AvgIpc) is 2.29. The first-order chi connectivity index (χ1) is 8.38. The summed E-state index contributed by atoms with van der Waals surface area (Å²) >= 11 is 0. The van der Waals surface area contributed by atoms with Gasteiger partial charge in [-0.3, -0.25) is 0 Å². The van der Waals surface area contributed by atoms with Crippen LogP contribution < -0.4 is 4.74 Å². The van der Waals surface area contributed by atoms with E-state index in [0.717, 1.165) is 35.3 Å². The Hall–Kier alpha value is -1.51. The van der Waals surface area contributed by atoms with Crippen LogP contribution in [0.5, 0.6) is 5.75 Å². The van der Waals surface area contributed by atoms with E-state index in [1.807, 2.05) is 27.7 Å². The Bertz CT molecular complexity index is 450. The van der Waals surface area contributed by atoms with Gasteiger partial charge in [0, 0.05) is 0 Å². The van der Waals surface area contributed by atoms with E-state index in [4.69, 9.17) is 9.84 Å². The fourth-order valence-corrected chi connectivity index (χ4v) is 2.13.